The van der Waals surface area contributed by atoms with Crippen LogP contribution in [0.25, 0.3) is 10.9 Å². The van der Waals surface area contributed by atoms with Gasteiger partial charge in [0, 0.05) is 16.0 Å². The van der Waals surface area contributed by atoms with Crippen LogP contribution in [0.15, 0.2) is 57.4 Å². The van der Waals surface area contributed by atoms with Gasteiger partial charge >= 0.3 is 5.97 Å². The Morgan fingerprint density at radius 3 is 2.67 bits per heavy atom. The smallest absolute Gasteiger partial charge is 0.347 e. The predicted molar refractivity (Wildman–Crippen MR) is 161 cm³/mol. The highest BCUT2D eigenvalue weighted by Gasteiger charge is 2.23. The molecule has 1 atom stereocenters. The van der Waals surface area contributed by atoms with Gasteiger partial charge in [-0.15, -0.1) is 6.58 Å². The number of hydrogen-bond donors (Lipinski definition) is 0. The molecule has 8 nitrogen and oxygen atoms in total. The Hall–Kier alpha value is -3.46. The van der Waals surface area contributed by atoms with E-state index in [4.69, 9.17) is 19.2 Å². The van der Waals surface area contributed by atoms with Gasteiger partial charge in [0.25, 0.3) is 5.56 Å². The minimum Gasteiger partial charge on any atom is -0.490 e. The van der Waals surface area contributed by atoms with Crippen LogP contribution < -0.4 is 15.0 Å². The van der Waals surface area contributed by atoms with Gasteiger partial charge in [0.2, 0.25) is 0 Å². The van der Waals surface area contributed by atoms with Crippen molar-refractivity contribution in [1.82, 2.24) is 9.66 Å². The summed E-state index contributed by atoms with van der Waals surface area (Å²) in [7, 11) is 0. The third kappa shape index (κ3) is 6.81. The van der Waals surface area contributed by atoms with E-state index < -0.39 is 12.1 Å². The molecule has 1 aliphatic rings. The molecule has 0 aliphatic heterocycles. The maximum Gasteiger partial charge on any atom is 0.347 e. The number of hydrogen-bond acceptors (Lipinski definition) is 7. The second-order valence-corrected chi connectivity index (χ2v) is 10.7. The van der Waals surface area contributed by atoms with Crippen molar-refractivity contribution in [2.75, 3.05) is 13.2 Å². The van der Waals surface area contributed by atoms with Gasteiger partial charge in [-0.05, 0) is 75.9 Å². The lowest BCUT2D eigenvalue weighted by molar-refractivity contribution is -0.150. The van der Waals surface area contributed by atoms with Gasteiger partial charge in [-0.2, -0.15) is 9.78 Å². The number of carbonyl (C=O) groups excluding carboxylic acids is 1. The molecule has 4 rings (SSSR count). The minimum absolute atomic E-state index is 0.169. The molecule has 1 fully saturated rings. The first kappa shape index (κ1) is 29.5. The summed E-state index contributed by atoms with van der Waals surface area (Å²) >= 11 is 3.47. The number of ether oxygens (including phenoxy) is 3. The first-order chi connectivity index (χ1) is 19.4. The topological polar surface area (TPSA) is 92.0 Å². The summed E-state index contributed by atoms with van der Waals surface area (Å²) in [6, 6.07) is 9.25. The van der Waals surface area contributed by atoms with Gasteiger partial charge < -0.3 is 14.2 Å². The summed E-state index contributed by atoms with van der Waals surface area (Å²) < 4.78 is 19.3. The Morgan fingerprint density at radius 2 is 1.98 bits per heavy atom. The Labute approximate surface area is 243 Å². The van der Waals surface area contributed by atoms with Gasteiger partial charge in [0.1, 0.15) is 5.82 Å². The molecule has 0 radical (unpaired) electrons. The fourth-order valence-corrected chi connectivity index (χ4v) is 5.33. The van der Waals surface area contributed by atoms with Crippen LogP contribution in [0.1, 0.15) is 75.7 Å². The van der Waals surface area contributed by atoms with E-state index in [0.29, 0.717) is 46.8 Å². The van der Waals surface area contributed by atoms with E-state index in [-0.39, 0.29) is 18.1 Å². The van der Waals surface area contributed by atoms with Crippen molar-refractivity contribution in [2.45, 2.75) is 71.3 Å². The number of carbonyl (C=O) groups is 1. The zero-order chi connectivity index (χ0) is 28.6. The Bertz CT molecular complexity index is 1460. The molecule has 1 heterocycles. The van der Waals surface area contributed by atoms with Gasteiger partial charge in [0.05, 0.1) is 30.3 Å². The van der Waals surface area contributed by atoms with Crippen LogP contribution >= 0.6 is 15.9 Å². The van der Waals surface area contributed by atoms with Gasteiger partial charge in [-0.1, -0.05) is 41.3 Å². The molecule has 0 amide bonds. The fraction of sp³-hybridized carbons (Fsp3) is 0.419. The first-order valence-corrected chi connectivity index (χ1v) is 14.7. The zero-order valence-corrected chi connectivity index (χ0v) is 24.9. The van der Waals surface area contributed by atoms with E-state index in [1.807, 2.05) is 25.1 Å². The van der Waals surface area contributed by atoms with Crippen LogP contribution in [0.5, 0.6) is 11.5 Å². The second-order valence-electron chi connectivity index (χ2n) is 9.77. The second kappa shape index (κ2) is 13.7. The van der Waals surface area contributed by atoms with E-state index in [9.17, 15) is 9.59 Å². The monoisotopic (exact) mass is 609 g/mol. The molecule has 0 saturated heterocycles. The lowest BCUT2D eigenvalue weighted by Crippen LogP contribution is -2.26. The van der Waals surface area contributed by atoms with Crippen LogP contribution in [0.4, 0.5) is 0 Å². The van der Waals surface area contributed by atoms with Crippen molar-refractivity contribution in [3.05, 3.63) is 74.8 Å². The lowest BCUT2D eigenvalue weighted by atomic mass is 9.88. The van der Waals surface area contributed by atoms with Crippen molar-refractivity contribution in [3.8, 4) is 11.5 Å². The van der Waals surface area contributed by atoms with Gasteiger partial charge in [-0.3, -0.25) is 4.79 Å². The molecule has 1 saturated carbocycles. The molecule has 1 aliphatic carbocycles. The number of benzene rings is 2. The molecule has 0 bridgehead atoms. The number of aromatic nitrogens is 2. The third-order valence-corrected chi connectivity index (χ3v) is 7.35. The lowest BCUT2D eigenvalue weighted by Gasteiger charge is -2.23. The van der Waals surface area contributed by atoms with Crippen molar-refractivity contribution >= 4 is 39.0 Å². The molecule has 0 spiro atoms. The van der Waals surface area contributed by atoms with Crippen molar-refractivity contribution < 1.29 is 19.0 Å². The molecule has 2 aromatic carbocycles. The Kier molecular flexibility index (Phi) is 10.1. The largest absolute Gasteiger partial charge is 0.490 e. The minimum atomic E-state index is -0.818. The summed E-state index contributed by atoms with van der Waals surface area (Å²) in [6.07, 6.45) is 8.43. The fourth-order valence-electron chi connectivity index (χ4n) is 4.97. The Morgan fingerprint density at radius 1 is 1.20 bits per heavy atom. The van der Waals surface area contributed by atoms with Crippen LogP contribution in [0, 0.1) is 0 Å². The molecule has 3 aromatic rings. The molecule has 9 heteroatoms. The molecule has 0 unspecified atom stereocenters. The quantitative estimate of drug-likeness (QED) is 0.139. The van der Waals surface area contributed by atoms with E-state index in [1.165, 1.54) is 11.1 Å². The number of halogens is 1. The molecular weight excluding hydrogens is 574 g/mol. The third-order valence-electron chi connectivity index (χ3n) is 6.86. The SMILES string of the molecule is C=CCc1cc(C=Nn2c(C3CCCCC3)nc3ccc(Br)cc3c2=O)cc(OCC)c1O[C@H](C)C(=O)OCC. The number of allylic oxidation sites excluding steroid dienone is 1. The summed E-state index contributed by atoms with van der Waals surface area (Å²) in [4.78, 5) is 30.8. The highest BCUT2D eigenvalue weighted by atomic mass is 79.9. The summed E-state index contributed by atoms with van der Waals surface area (Å²) in [5.41, 5.74) is 1.96. The maximum absolute atomic E-state index is 13.7. The normalized spacial score (nSPS) is 14.8. The van der Waals surface area contributed by atoms with Crippen LogP contribution in [-0.2, 0) is 16.0 Å². The van der Waals surface area contributed by atoms with Crippen LogP contribution in [-0.4, -0.2) is 41.2 Å². The summed E-state index contributed by atoms with van der Waals surface area (Å²) in [5, 5.41) is 5.19. The average molecular weight is 611 g/mol. The summed E-state index contributed by atoms with van der Waals surface area (Å²) in [6.45, 7) is 9.81. The molecule has 1 aromatic heterocycles. The number of nitrogens with zero attached hydrogens (tertiary/aromatic N) is 3. The number of rotatable bonds is 11. The number of esters is 1. The number of fused-ring (bicyclic) bond motifs is 1. The van der Waals surface area contributed by atoms with Crippen molar-refractivity contribution in [3.63, 3.8) is 0 Å². The van der Waals surface area contributed by atoms with E-state index in [2.05, 4.69) is 27.6 Å². The van der Waals surface area contributed by atoms with E-state index >= 15 is 0 Å². The first-order valence-electron chi connectivity index (χ1n) is 13.9. The molecule has 212 valence electrons. The molecule has 0 N–H and O–H groups in total. The van der Waals surface area contributed by atoms with Gasteiger partial charge in [-0.25, -0.2) is 9.78 Å². The summed E-state index contributed by atoms with van der Waals surface area (Å²) in [5.74, 6) is 1.33. The predicted octanol–water partition coefficient (Wildman–Crippen LogP) is 6.55. The van der Waals surface area contributed by atoms with Gasteiger partial charge in [0.15, 0.2) is 17.6 Å². The molecular formula is C31H36BrN3O5. The molecule has 40 heavy (non-hydrogen) atoms. The van der Waals surface area contributed by atoms with E-state index in [0.717, 1.165) is 35.7 Å². The highest BCUT2D eigenvalue weighted by molar-refractivity contribution is 9.10. The van der Waals surface area contributed by atoms with E-state index in [1.54, 1.807) is 38.3 Å². The maximum atomic E-state index is 13.7. The average Bonchev–Trinajstić information content (AvgIpc) is 2.95. The van der Waals surface area contributed by atoms with Crippen molar-refractivity contribution in [2.24, 2.45) is 5.10 Å². The zero-order valence-electron chi connectivity index (χ0n) is 23.3. The highest BCUT2D eigenvalue weighted by Crippen LogP contribution is 2.35. The van der Waals surface area contributed by atoms with Crippen LogP contribution in [0.2, 0.25) is 0 Å². The van der Waals surface area contributed by atoms with Crippen molar-refractivity contribution in [1.29, 1.82) is 0 Å². The standard InChI is InChI=1S/C31H36BrN3O5/c1-5-11-23-16-21(17-27(38-6-2)28(23)40-20(4)31(37)39-7-3)19-33-35-29(22-12-9-8-10-13-22)34-26-15-14-24(32)18-25(26)30(35)36/h5,14-20,22H,1,6-13H2,2-4H3/t20-/m1/s1. The van der Waals surface area contributed by atoms with Crippen LogP contribution in [0.3, 0.4) is 0 Å². The Balaban J connectivity index is 1.79.